The summed E-state index contributed by atoms with van der Waals surface area (Å²) in [5.74, 6) is 2.17. The van der Waals surface area contributed by atoms with Crippen LogP contribution in [0.3, 0.4) is 0 Å². The van der Waals surface area contributed by atoms with E-state index in [1.807, 2.05) is 6.07 Å². The first-order chi connectivity index (χ1) is 11.5. The van der Waals surface area contributed by atoms with Gasteiger partial charge in [-0.05, 0) is 34.1 Å². The summed E-state index contributed by atoms with van der Waals surface area (Å²) in [6.45, 7) is 0. The van der Waals surface area contributed by atoms with Crippen molar-refractivity contribution in [2.24, 2.45) is 0 Å². The molecule has 0 atom stereocenters. The van der Waals surface area contributed by atoms with E-state index in [4.69, 9.17) is 37.4 Å². The SMILES string of the molecule is COc1cc(-c2nc3cc(Cl)c(Cl)cc3[nH]2)c(Br)c(OC)c1OC. The zero-order valence-electron chi connectivity index (χ0n) is 13.0. The lowest BCUT2D eigenvalue weighted by atomic mass is 10.1. The zero-order chi connectivity index (χ0) is 17.4. The summed E-state index contributed by atoms with van der Waals surface area (Å²) < 4.78 is 16.9. The zero-order valence-corrected chi connectivity index (χ0v) is 16.1. The third-order valence-electron chi connectivity index (χ3n) is 3.55. The molecule has 126 valence electrons. The van der Waals surface area contributed by atoms with Crippen LogP contribution < -0.4 is 14.2 Å². The Morgan fingerprint density at radius 1 is 0.958 bits per heavy atom. The standard InChI is InChI=1S/C16H13BrCl2N2O3/c1-22-12-4-7(13(17)15(24-3)14(12)23-2)16-20-10-5-8(18)9(19)6-11(10)21-16/h4-6H,1-3H3,(H,20,21). The molecule has 0 radical (unpaired) electrons. The maximum Gasteiger partial charge on any atom is 0.204 e. The first-order valence-electron chi connectivity index (χ1n) is 6.83. The molecule has 24 heavy (non-hydrogen) atoms. The van der Waals surface area contributed by atoms with Gasteiger partial charge in [0.1, 0.15) is 5.82 Å². The third kappa shape index (κ3) is 2.79. The molecule has 0 spiro atoms. The molecule has 0 aliphatic heterocycles. The Morgan fingerprint density at radius 2 is 1.62 bits per heavy atom. The molecule has 5 nitrogen and oxygen atoms in total. The number of nitrogens with zero attached hydrogens (tertiary/aromatic N) is 1. The van der Waals surface area contributed by atoms with Crippen molar-refractivity contribution >= 4 is 50.2 Å². The first kappa shape index (κ1) is 17.2. The van der Waals surface area contributed by atoms with Crippen LogP contribution in [0.4, 0.5) is 0 Å². The average Bonchev–Trinajstić information content (AvgIpc) is 2.96. The molecule has 1 aromatic heterocycles. The molecule has 0 unspecified atom stereocenters. The van der Waals surface area contributed by atoms with Crippen molar-refractivity contribution in [3.8, 4) is 28.6 Å². The highest BCUT2D eigenvalue weighted by Crippen LogP contribution is 2.47. The van der Waals surface area contributed by atoms with Gasteiger partial charge in [0.25, 0.3) is 0 Å². The summed E-state index contributed by atoms with van der Waals surface area (Å²) in [4.78, 5) is 7.80. The number of H-pyrrole nitrogens is 1. The minimum atomic E-state index is 0.450. The molecule has 0 aliphatic rings. The van der Waals surface area contributed by atoms with Crippen molar-refractivity contribution in [2.75, 3.05) is 21.3 Å². The highest BCUT2D eigenvalue weighted by molar-refractivity contribution is 9.10. The summed E-state index contributed by atoms with van der Waals surface area (Å²) in [6, 6.07) is 5.26. The van der Waals surface area contributed by atoms with Gasteiger partial charge in [0.2, 0.25) is 5.75 Å². The van der Waals surface area contributed by atoms with E-state index in [2.05, 4.69) is 25.9 Å². The van der Waals surface area contributed by atoms with E-state index in [1.165, 1.54) is 0 Å². The number of benzene rings is 2. The molecule has 0 aliphatic carbocycles. The van der Waals surface area contributed by atoms with Gasteiger partial charge in [0.05, 0.1) is 46.9 Å². The number of rotatable bonds is 4. The van der Waals surface area contributed by atoms with E-state index in [0.717, 1.165) is 11.1 Å². The fourth-order valence-corrected chi connectivity index (χ4v) is 3.39. The van der Waals surface area contributed by atoms with Crippen LogP contribution >= 0.6 is 39.1 Å². The number of nitrogens with one attached hydrogen (secondary N) is 1. The molecule has 3 aromatic rings. The number of aromatic nitrogens is 2. The number of ether oxygens (including phenoxy) is 3. The Bertz CT molecular complexity index is 889. The summed E-state index contributed by atoms with van der Waals surface area (Å²) >= 11 is 15.7. The molecule has 0 saturated heterocycles. The molecule has 0 fully saturated rings. The predicted octanol–water partition coefficient (Wildman–Crippen LogP) is 5.33. The van der Waals surface area contributed by atoms with Crippen molar-refractivity contribution in [1.82, 2.24) is 9.97 Å². The number of aromatic amines is 1. The molecule has 8 heteroatoms. The van der Waals surface area contributed by atoms with E-state index in [0.29, 0.717) is 43.1 Å². The van der Waals surface area contributed by atoms with E-state index < -0.39 is 0 Å². The van der Waals surface area contributed by atoms with Gasteiger partial charge >= 0.3 is 0 Å². The van der Waals surface area contributed by atoms with Crippen LogP contribution in [-0.4, -0.2) is 31.3 Å². The number of methoxy groups -OCH3 is 3. The highest BCUT2D eigenvalue weighted by atomic mass is 79.9. The molecule has 1 N–H and O–H groups in total. The largest absolute Gasteiger partial charge is 0.493 e. The molecule has 0 saturated carbocycles. The topological polar surface area (TPSA) is 56.4 Å². The van der Waals surface area contributed by atoms with Crippen molar-refractivity contribution in [3.05, 3.63) is 32.7 Å². The molecule has 0 bridgehead atoms. The summed E-state index contributed by atoms with van der Waals surface area (Å²) in [6.07, 6.45) is 0. The van der Waals surface area contributed by atoms with Crippen LogP contribution in [0.2, 0.25) is 10.0 Å². The van der Waals surface area contributed by atoms with Gasteiger partial charge < -0.3 is 19.2 Å². The molecule has 3 rings (SSSR count). The summed E-state index contributed by atoms with van der Waals surface area (Å²) in [7, 11) is 4.68. The number of fused-ring (bicyclic) bond motifs is 1. The van der Waals surface area contributed by atoms with Gasteiger partial charge in [-0.1, -0.05) is 23.2 Å². The van der Waals surface area contributed by atoms with E-state index in [1.54, 1.807) is 33.5 Å². The smallest absolute Gasteiger partial charge is 0.204 e. The quantitative estimate of drug-likeness (QED) is 0.606. The van der Waals surface area contributed by atoms with Crippen molar-refractivity contribution < 1.29 is 14.2 Å². The van der Waals surface area contributed by atoms with Gasteiger partial charge in [-0.25, -0.2) is 4.98 Å². The number of hydrogen-bond donors (Lipinski definition) is 1. The number of imidazole rings is 1. The fraction of sp³-hybridized carbons (Fsp3) is 0.188. The van der Waals surface area contributed by atoms with Gasteiger partial charge in [0, 0.05) is 5.56 Å². The van der Waals surface area contributed by atoms with Gasteiger partial charge in [-0.3, -0.25) is 0 Å². The molecular formula is C16H13BrCl2N2O3. The maximum absolute atomic E-state index is 6.06. The van der Waals surface area contributed by atoms with Gasteiger partial charge in [-0.15, -0.1) is 0 Å². The van der Waals surface area contributed by atoms with Crippen molar-refractivity contribution in [3.63, 3.8) is 0 Å². The van der Waals surface area contributed by atoms with Crippen LogP contribution in [0.1, 0.15) is 0 Å². The first-order valence-corrected chi connectivity index (χ1v) is 8.38. The second-order valence-electron chi connectivity index (χ2n) is 4.88. The second-order valence-corrected chi connectivity index (χ2v) is 6.48. The highest BCUT2D eigenvalue weighted by Gasteiger charge is 2.21. The molecular weight excluding hydrogens is 419 g/mol. The fourth-order valence-electron chi connectivity index (χ4n) is 2.43. The van der Waals surface area contributed by atoms with Crippen LogP contribution in [-0.2, 0) is 0 Å². The normalized spacial score (nSPS) is 10.9. The average molecular weight is 432 g/mol. The summed E-state index contributed by atoms with van der Waals surface area (Å²) in [5, 5.41) is 0.912. The van der Waals surface area contributed by atoms with Crippen molar-refractivity contribution in [1.29, 1.82) is 0 Å². The van der Waals surface area contributed by atoms with Crippen LogP contribution in [0.25, 0.3) is 22.4 Å². The second kappa shape index (κ2) is 6.70. The Balaban J connectivity index is 2.25. The minimum absolute atomic E-state index is 0.450. The number of halogens is 3. The van der Waals surface area contributed by atoms with E-state index in [-0.39, 0.29) is 0 Å². The van der Waals surface area contributed by atoms with Gasteiger partial charge in [0.15, 0.2) is 11.5 Å². The lowest BCUT2D eigenvalue weighted by Gasteiger charge is -2.15. The Morgan fingerprint density at radius 3 is 2.25 bits per heavy atom. The number of hydrogen-bond acceptors (Lipinski definition) is 4. The van der Waals surface area contributed by atoms with Gasteiger partial charge in [-0.2, -0.15) is 0 Å². The lowest BCUT2D eigenvalue weighted by Crippen LogP contribution is -1.97. The lowest BCUT2D eigenvalue weighted by molar-refractivity contribution is 0.323. The molecule has 1 heterocycles. The summed E-state index contributed by atoms with van der Waals surface area (Å²) in [5.41, 5.74) is 2.24. The van der Waals surface area contributed by atoms with Crippen LogP contribution in [0, 0.1) is 0 Å². The Kier molecular flexibility index (Phi) is 4.80. The Hall–Kier alpha value is -1.63. The third-order valence-corrected chi connectivity index (χ3v) is 5.06. The molecule has 0 amide bonds. The van der Waals surface area contributed by atoms with Crippen LogP contribution in [0.15, 0.2) is 22.7 Å². The van der Waals surface area contributed by atoms with E-state index >= 15 is 0 Å². The molecule has 2 aromatic carbocycles. The van der Waals surface area contributed by atoms with Crippen molar-refractivity contribution in [2.45, 2.75) is 0 Å². The predicted molar refractivity (Wildman–Crippen MR) is 98.9 cm³/mol. The van der Waals surface area contributed by atoms with Crippen LogP contribution in [0.5, 0.6) is 17.2 Å². The monoisotopic (exact) mass is 430 g/mol. The van der Waals surface area contributed by atoms with E-state index in [9.17, 15) is 0 Å². The Labute approximate surface area is 157 Å². The maximum atomic E-state index is 6.06. The minimum Gasteiger partial charge on any atom is -0.493 e.